The molecule has 0 spiro atoms. The topological polar surface area (TPSA) is 69.6 Å². The third-order valence-electron chi connectivity index (χ3n) is 2.83. The first-order valence-electron chi connectivity index (χ1n) is 6.07. The van der Waals surface area contributed by atoms with Gasteiger partial charge in [-0.1, -0.05) is 46.3 Å². The Balaban J connectivity index is 2.00. The van der Waals surface area contributed by atoms with Gasteiger partial charge in [0.1, 0.15) is 11.5 Å². The number of aromatic hydroxyl groups is 2. The highest BCUT2D eigenvalue weighted by Crippen LogP contribution is 2.23. The van der Waals surface area contributed by atoms with Crippen LogP contribution in [0.2, 0.25) is 0 Å². The summed E-state index contributed by atoms with van der Waals surface area (Å²) in [5, 5.41) is 21.7. The van der Waals surface area contributed by atoms with E-state index >= 15 is 0 Å². The second-order valence-corrected chi connectivity index (χ2v) is 5.40. The van der Waals surface area contributed by atoms with E-state index < -0.39 is 5.91 Å². The number of nitrogens with one attached hydrogen (secondary N) is 1. The number of phenolic OH excluding ortho intramolecular Hbond substituents is 2. The van der Waals surface area contributed by atoms with Crippen LogP contribution in [0.25, 0.3) is 0 Å². The second kappa shape index (κ2) is 6.43. The van der Waals surface area contributed by atoms with Crippen LogP contribution < -0.4 is 5.32 Å². The molecule has 0 heterocycles. The number of carbonyl (C=O) groups excluding carboxylic acids is 1. The highest BCUT2D eigenvalue weighted by molar-refractivity contribution is 9.09. The van der Waals surface area contributed by atoms with E-state index in [0.29, 0.717) is 6.54 Å². The maximum atomic E-state index is 12.0. The van der Waals surface area contributed by atoms with E-state index in [1.54, 1.807) is 0 Å². The predicted molar refractivity (Wildman–Crippen MR) is 80.2 cm³/mol. The monoisotopic (exact) mass is 335 g/mol. The lowest BCUT2D eigenvalue weighted by molar-refractivity contribution is 0.0951. The SMILES string of the molecule is O=C(NCC(Br)c1ccccc1)c1cc(O)ccc1O. The molecule has 20 heavy (non-hydrogen) atoms. The molecular weight excluding hydrogens is 322 g/mol. The summed E-state index contributed by atoms with van der Waals surface area (Å²) in [6.45, 7) is 0.373. The molecule has 1 amide bonds. The first-order valence-corrected chi connectivity index (χ1v) is 6.98. The Morgan fingerprint density at radius 1 is 1.15 bits per heavy atom. The van der Waals surface area contributed by atoms with Crippen LogP contribution in [-0.4, -0.2) is 22.7 Å². The van der Waals surface area contributed by atoms with Crippen LogP contribution in [0.5, 0.6) is 11.5 Å². The number of rotatable bonds is 4. The number of phenols is 2. The third kappa shape index (κ3) is 3.51. The minimum Gasteiger partial charge on any atom is -0.508 e. The summed E-state index contributed by atoms with van der Waals surface area (Å²) >= 11 is 3.49. The van der Waals surface area contributed by atoms with Crippen molar-refractivity contribution in [3.63, 3.8) is 0 Å². The lowest BCUT2D eigenvalue weighted by atomic mass is 10.1. The van der Waals surface area contributed by atoms with Crippen molar-refractivity contribution in [1.29, 1.82) is 0 Å². The third-order valence-corrected chi connectivity index (χ3v) is 3.68. The van der Waals surface area contributed by atoms with E-state index in [4.69, 9.17) is 0 Å². The van der Waals surface area contributed by atoms with E-state index in [9.17, 15) is 15.0 Å². The van der Waals surface area contributed by atoms with Crippen molar-refractivity contribution in [3.05, 3.63) is 59.7 Å². The summed E-state index contributed by atoms with van der Waals surface area (Å²) < 4.78 is 0. The van der Waals surface area contributed by atoms with Crippen LogP contribution in [0.3, 0.4) is 0 Å². The van der Waals surface area contributed by atoms with Crippen LogP contribution in [0.1, 0.15) is 20.7 Å². The smallest absolute Gasteiger partial charge is 0.255 e. The quantitative estimate of drug-likeness (QED) is 0.594. The molecule has 2 aromatic rings. The van der Waals surface area contributed by atoms with Gasteiger partial charge in [-0.05, 0) is 23.8 Å². The molecule has 0 radical (unpaired) electrons. The van der Waals surface area contributed by atoms with Gasteiger partial charge in [0, 0.05) is 6.54 Å². The molecule has 0 saturated carbocycles. The summed E-state index contributed by atoms with van der Waals surface area (Å²) in [5.74, 6) is -0.656. The molecule has 0 fully saturated rings. The van der Waals surface area contributed by atoms with Crippen molar-refractivity contribution >= 4 is 21.8 Å². The molecule has 0 aliphatic carbocycles. The summed E-state index contributed by atoms with van der Waals surface area (Å²) in [6.07, 6.45) is 0. The molecule has 1 atom stereocenters. The summed E-state index contributed by atoms with van der Waals surface area (Å²) in [5.41, 5.74) is 1.10. The second-order valence-electron chi connectivity index (χ2n) is 4.29. The molecule has 0 aliphatic rings. The predicted octanol–water partition coefficient (Wildman–Crippen LogP) is 2.96. The summed E-state index contributed by atoms with van der Waals surface area (Å²) in [4.78, 5) is 11.9. The van der Waals surface area contributed by atoms with E-state index in [0.717, 1.165) is 5.56 Å². The standard InChI is InChI=1S/C15H14BrNO3/c16-13(10-4-2-1-3-5-10)9-17-15(20)12-8-11(18)6-7-14(12)19/h1-8,13,18-19H,9H2,(H,17,20). The average Bonchev–Trinajstić information content (AvgIpc) is 2.47. The molecule has 104 valence electrons. The highest BCUT2D eigenvalue weighted by atomic mass is 79.9. The Morgan fingerprint density at radius 3 is 2.55 bits per heavy atom. The number of hydrogen-bond acceptors (Lipinski definition) is 3. The Hall–Kier alpha value is -2.01. The molecule has 3 N–H and O–H groups in total. The summed E-state index contributed by atoms with van der Waals surface area (Å²) in [6, 6.07) is 13.5. The van der Waals surface area contributed by atoms with Gasteiger partial charge in [-0.25, -0.2) is 0 Å². The van der Waals surface area contributed by atoms with Crippen LogP contribution in [0.4, 0.5) is 0 Å². The molecule has 0 aliphatic heterocycles. The van der Waals surface area contributed by atoms with Crippen molar-refractivity contribution in [2.75, 3.05) is 6.54 Å². The van der Waals surface area contributed by atoms with Gasteiger partial charge < -0.3 is 15.5 Å². The average molecular weight is 336 g/mol. The van der Waals surface area contributed by atoms with Crippen LogP contribution in [0.15, 0.2) is 48.5 Å². The Morgan fingerprint density at radius 2 is 1.85 bits per heavy atom. The molecule has 2 rings (SSSR count). The fraction of sp³-hybridized carbons (Fsp3) is 0.133. The molecule has 0 aromatic heterocycles. The molecule has 0 bridgehead atoms. The molecule has 2 aromatic carbocycles. The molecule has 1 unspecified atom stereocenters. The zero-order valence-corrected chi connectivity index (χ0v) is 12.2. The van der Waals surface area contributed by atoms with Gasteiger partial charge in [0.05, 0.1) is 10.4 Å². The fourth-order valence-electron chi connectivity index (χ4n) is 1.76. The zero-order valence-electron chi connectivity index (χ0n) is 10.6. The number of amides is 1. The maximum absolute atomic E-state index is 12.0. The van der Waals surface area contributed by atoms with Crippen molar-refractivity contribution < 1.29 is 15.0 Å². The minimum atomic E-state index is -0.432. The van der Waals surface area contributed by atoms with Gasteiger partial charge in [-0.3, -0.25) is 4.79 Å². The van der Waals surface area contributed by atoms with E-state index in [2.05, 4.69) is 21.2 Å². The number of hydrogen-bond donors (Lipinski definition) is 3. The Labute approximate surface area is 125 Å². The Kier molecular flexibility index (Phi) is 4.63. The Bertz CT molecular complexity index is 601. The lowest BCUT2D eigenvalue weighted by Gasteiger charge is -2.12. The fourth-order valence-corrected chi connectivity index (χ4v) is 2.23. The molecular formula is C15H14BrNO3. The van der Waals surface area contributed by atoms with Crippen molar-refractivity contribution in [3.8, 4) is 11.5 Å². The van der Waals surface area contributed by atoms with Crippen molar-refractivity contribution in [2.24, 2.45) is 0 Å². The number of alkyl halides is 1. The van der Waals surface area contributed by atoms with Gasteiger partial charge in [0.25, 0.3) is 5.91 Å². The van der Waals surface area contributed by atoms with Gasteiger partial charge in [-0.15, -0.1) is 0 Å². The van der Waals surface area contributed by atoms with Gasteiger partial charge in [0.15, 0.2) is 0 Å². The first kappa shape index (κ1) is 14.4. The zero-order chi connectivity index (χ0) is 14.5. The van der Waals surface area contributed by atoms with Crippen molar-refractivity contribution in [2.45, 2.75) is 4.83 Å². The minimum absolute atomic E-state index is 0.0212. The number of halogens is 1. The van der Waals surface area contributed by atoms with E-state index in [1.807, 2.05) is 30.3 Å². The normalized spacial score (nSPS) is 11.8. The number of benzene rings is 2. The highest BCUT2D eigenvalue weighted by Gasteiger charge is 2.14. The van der Waals surface area contributed by atoms with Gasteiger partial charge >= 0.3 is 0 Å². The van der Waals surface area contributed by atoms with Crippen LogP contribution >= 0.6 is 15.9 Å². The van der Waals surface area contributed by atoms with Gasteiger partial charge in [-0.2, -0.15) is 0 Å². The molecule has 4 nitrogen and oxygen atoms in total. The van der Waals surface area contributed by atoms with Gasteiger partial charge in [0.2, 0.25) is 0 Å². The van der Waals surface area contributed by atoms with E-state index in [-0.39, 0.29) is 21.9 Å². The van der Waals surface area contributed by atoms with Crippen molar-refractivity contribution in [1.82, 2.24) is 5.32 Å². The first-order chi connectivity index (χ1) is 9.58. The van der Waals surface area contributed by atoms with Crippen LogP contribution in [0, 0.1) is 0 Å². The summed E-state index contributed by atoms with van der Waals surface area (Å²) in [7, 11) is 0. The maximum Gasteiger partial charge on any atom is 0.255 e. The van der Waals surface area contributed by atoms with E-state index in [1.165, 1.54) is 18.2 Å². The van der Waals surface area contributed by atoms with Crippen LogP contribution in [-0.2, 0) is 0 Å². The lowest BCUT2D eigenvalue weighted by Crippen LogP contribution is -2.26. The molecule has 5 heteroatoms. The number of carbonyl (C=O) groups is 1. The molecule has 0 saturated heterocycles. The largest absolute Gasteiger partial charge is 0.508 e.